The van der Waals surface area contributed by atoms with E-state index in [1.54, 1.807) is 4.90 Å². The first-order valence-electron chi connectivity index (χ1n) is 17.4. The SMILES string of the molecule is Cc1ccc2c(c1)c1c(n2CCc2ccc(C)[n+](C(C)OC(=O)N(C(C)C)C(C)C)c2)CC[N+](C)(COC(=O)N(C(C)C)C(C)C)C1. The Balaban J connectivity index is 1.54. The number of carbonyl (C=O) groups excluding carboxylic acids is 2. The Bertz CT molecular complexity index is 1560. The van der Waals surface area contributed by atoms with Crippen LogP contribution in [-0.2, 0) is 35.4 Å². The average molecular weight is 650 g/mol. The number of hydrogen-bond acceptors (Lipinski definition) is 4. The fraction of sp³-hybridized carbons (Fsp3) is 0.605. The Kier molecular flexibility index (Phi) is 11.3. The minimum absolute atomic E-state index is 0.0602. The molecule has 9 heteroatoms. The van der Waals surface area contributed by atoms with Crippen molar-refractivity contribution in [3.05, 3.63) is 64.6 Å². The first-order chi connectivity index (χ1) is 22.0. The number of pyridine rings is 1. The van der Waals surface area contributed by atoms with Crippen molar-refractivity contribution >= 4 is 23.1 Å². The summed E-state index contributed by atoms with van der Waals surface area (Å²) in [6.07, 6.45) is 2.93. The van der Waals surface area contributed by atoms with Gasteiger partial charge in [-0.1, -0.05) is 11.6 Å². The lowest BCUT2D eigenvalue weighted by molar-refractivity contribution is -0.940. The maximum Gasteiger partial charge on any atom is 0.415 e. The van der Waals surface area contributed by atoms with E-state index >= 15 is 0 Å². The lowest BCUT2D eigenvalue weighted by Crippen LogP contribution is -2.51. The number of quaternary nitrogens is 1. The quantitative estimate of drug-likeness (QED) is 0.162. The van der Waals surface area contributed by atoms with Crippen molar-refractivity contribution in [1.29, 1.82) is 0 Å². The van der Waals surface area contributed by atoms with Crippen LogP contribution in [0.15, 0.2) is 36.5 Å². The lowest BCUT2D eigenvalue weighted by Gasteiger charge is -2.38. The van der Waals surface area contributed by atoms with E-state index < -0.39 is 6.23 Å². The summed E-state index contributed by atoms with van der Waals surface area (Å²) in [6.45, 7) is 25.2. The lowest BCUT2D eigenvalue weighted by atomic mass is 10.0. The number of fused-ring (bicyclic) bond motifs is 3. The van der Waals surface area contributed by atoms with Gasteiger partial charge in [0.2, 0.25) is 6.73 Å². The van der Waals surface area contributed by atoms with Crippen LogP contribution in [0.2, 0.25) is 0 Å². The normalized spacial score (nSPS) is 17.0. The van der Waals surface area contributed by atoms with E-state index in [1.165, 1.54) is 33.3 Å². The molecule has 9 nitrogen and oxygen atoms in total. The van der Waals surface area contributed by atoms with Gasteiger partial charge in [0.05, 0.1) is 13.6 Å². The molecule has 3 aromatic rings. The van der Waals surface area contributed by atoms with Crippen molar-refractivity contribution in [2.75, 3.05) is 20.3 Å². The largest absolute Gasteiger partial charge is 0.415 e. The van der Waals surface area contributed by atoms with Crippen LogP contribution in [-0.4, -0.2) is 75.5 Å². The van der Waals surface area contributed by atoms with E-state index in [0.29, 0.717) is 11.2 Å². The highest BCUT2D eigenvalue weighted by molar-refractivity contribution is 5.86. The summed E-state index contributed by atoms with van der Waals surface area (Å²) in [5.41, 5.74) is 7.46. The highest BCUT2D eigenvalue weighted by atomic mass is 16.6. The standard InChI is InChI=1S/C38H59N5O4/c1-25(2)41(26(3)4)37(44)46-24-43(12)20-18-36-34(23-43)33-21-29(9)13-16-35(33)39(36)19-17-32-15-14-30(10)40(22-32)31(11)47-38(45)42(27(5)6)28(7)8/h13-16,21-22,25-28,31H,17-20,23-24H2,1-12H3/q+2. The molecule has 1 aliphatic rings. The molecule has 2 unspecified atom stereocenters. The summed E-state index contributed by atoms with van der Waals surface area (Å²) < 4.78 is 17.1. The van der Waals surface area contributed by atoms with Crippen LogP contribution in [0.4, 0.5) is 9.59 Å². The summed E-state index contributed by atoms with van der Waals surface area (Å²) in [5, 5.41) is 1.29. The first kappa shape index (κ1) is 36.2. The van der Waals surface area contributed by atoms with E-state index in [4.69, 9.17) is 9.47 Å². The number of hydrogen-bond donors (Lipinski definition) is 0. The van der Waals surface area contributed by atoms with Crippen LogP contribution in [0.5, 0.6) is 0 Å². The van der Waals surface area contributed by atoms with Gasteiger partial charge in [-0.15, -0.1) is 0 Å². The second kappa shape index (κ2) is 14.7. The number of aryl methyl sites for hydroxylation is 4. The molecular weight excluding hydrogens is 590 g/mol. The van der Waals surface area contributed by atoms with Gasteiger partial charge in [-0.3, -0.25) is 4.48 Å². The van der Waals surface area contributed by atoms with Crippen molar-refractivity contribution in [3.8, 4) is 0 Å². The van der Waals surface area contributed by atoms with Crippen molar-refractivity contribution in [2.45, 2.75) is 132 Å². The smallest absolute Gasteiger partial charge is 0.399 e. The summed E-state index contributed by atoms with van der Waals surface area (Å²) >= 11 is 0. The van der Waals surface area contributed by atoms with Gasteiger partial charge in [0.15, 0.2) is 11.9 Å². The zero-order valence-electron chi connectivity index (χ0n) is 31.0. The Morgan fingerprint density at radius 1 is 0.894 bits per heavy atom. The molecule has 0 saturated carbocycles. The third-order valence-electron chi connectivity index (χ3n) is 9.56. The van der Waals surface area contributed by atoms with Gasteiger partial charge in [0.1, 0.15) is 6.54 Å². The van der Waals surface area contributed by atoms with E-state index in [0.717, 1.165) is 38.2 Å². The molecule has 0 fully saturated rings. The summed E-state index contributed by atoms with van der Waals surface area (Å²) in [5.74, 6) is 0. The number of amides is 2. The van der Waals surface area contributed by atoms with Crippen molar-refractivity contribution in [2.24, 2.45) is 0 Å². The van der Waals surface area contributed by atoms with Crippen molar-refractivity contribution < 1.29 is 28.1 Å². The topological polar surface area (TPSA) is 67.9 Å². The molecule has 47 heavy (non-hydrogen) atoms. The molecule has 2 amide bonds. The minimum atomic E-state index is -0.428. The van der Waals surface area contributed by atoms with Gasteiger partial charge in [0.25, 0.3) is 0 Å². The third kappa shape index (κ3) is 8.11. The van der Waals surface area contributed by atoms with Crippen LogP contribution in [0, 0.1) is 13.8 Å². The molecule has 0 N–H and O–H groups in total. The average Bonchev–Trinajstić information content (AvgIpc) is 3.26. The zero-order valence-corrected chi connectivity index (χ0v) is 31.0. The molecule has 1 aromatic carbocycles. The van der Waals surface area contributed by atoms with Crippen LogP contribution >= 0.6 is 0 Å². The Morgan fingerprint density at radius 2 is 1.51 bits per heavy atom. The van der Waals surface area contributed by atoms with Gasteiger partial charge in [-0.2, -0.15) is 4.57 Å². The fourth-order valence-electron chi connectivity index (χ4n) is 7.26. The molecule has 3 heterocycles. The molecule has 258 valence electrons. The predicted octanol–water partition coefficient (Wildman–Crippen LogP) is 7.28. The molecule has 2 atom stereocenters. The van der Waals surface area contributed by atoms with E-state index in [2.05, 4.69) is 59.6 Å². The zero-order chi connectivity index (χ0) is 34.8. The van der Waals surface area contributed by atoms with E-state index in [9.17, 15) is 9.59 Å². The van der Waals surface area contributed by atoms with E-state index in [-0.39, 0.29) is 36.4 Å². The maximum atomic E-state index is 13.0. The number of likely N-dealkylation sites (N-methyl/N-ethyl adjacent to an activating group) is 1. The summed E-state index contributed by atoms with van der Waals surface area (Å²) in [7, 11) is 2.20. The number of aromatic nitrogens is 2. The maximum absolute atomic E-state index is 13.0. The second-order valence-corrected chi connectivity index (χ2v) is 14.9. The van der Waals surface area contributed by atoms with Crippen LogP contribution in [0.1, 0.15) is 96.6 Å². The minimum Gasteiger partial charge on any atom is -0.399 e. The number of ether oxygens (including phenoxy) is 2. The Labute approximate surface area is 282 Å². The van der Waals surface area contributed by atoms with Crippen molar-refractivity contribution in [1.82, 2.24) is 14.4 Å². The molecule has 0 radical (unpaired) electrons. The number of carbonyl (C=O) groups is 2. The number of nitrogens with zero attached hydrogens (tertiary/aromatic N) is 5. The van der Waals surface area contributed by atoms with Crippen LogP contribution in [0.25, 0.3) is 10.9 Å². The summed E-state index contributed by atoms with van der Waals surface area (Å²) in [6, 6.07) is 11.3. The van der Waals surface area contributed by atoms with Crippen LogP contribution < -0.4 is 4.57 Å². The van der Waals surface area contributed by atoms with Gasteiger partial charge >= 0.3 is 18.4 Å². The number of rotatable bonds is 11. The molecule has 0 aliphatic carbocycles. The van der Waals surface area contributed by atoms with Crippen LogP contribution in [0.3, 0.4) is 0 Å². The molecule has 1 aliphatic heterocycles. The highest BCUT2D eigenvalue weighted by Gasteiger charge is 2.35. The van der Waals surface area contributed by atoms with Gasteiger partial charge in [-0.05, 0) is 86.9 Å². The summed E-state index contributed by atoms with van der Waals surface area (Å²) in [4.78, 5) is 29.6. The second-order valence-electron chi connectivity index (χ2n) is 14.9. The Morgan fingerprint density at radius 3 is 2.13 bits per heavy atom. The molecule has 4 rings (SSSR count). The van der Waals surface area contributed by atoms with Gasteiger partial charge in [0, 0.05) is 84.8 Å². The number of benzene rings is 1. The van der Waals surface area contributed by atoms with Gasteiger partial charge < -0.3 is 23.8 Å². The highest BCUT2D eigenvalue weighted by Crippen LogP contribution is 2.34. The van der Waals surface area contributed by atoms with Crippen molar-refractivity contribution in [3.63, 3.8) is 0 Å². The van der Waals surface area contributed by atoms with E-state index in [1.807, 2.05) is 74.1 Å². The molecular formula is C38H59N5O4+2. The van der Waals surface area contributed by atoms with Gasteiger partial charge in [-0.25, -0.2) is 9.59 Å². The monoisotopic (exact) mass is 649 g/mol. The molecule has 0 saturated heterocycles. The first-order valence-corrected chi connectivity index (χ1v) is 17.4. The molecule has 0 spiro atoms. The Hall–Kier alpha value is -3.59. The molecule has 0 bridgehead atoms. The predicted molar refractivity (Wildman–Crippen MR) is 187 cm³/mol. The molecule has 2 aromatic heterocycles. The fourth-order valence-corrected chi connectivity index (χ4v) is 7.26. The third-order valence-corrected chi connectivity index (χ3v) is 9.56.